The fourth-order valence-corrected chi connectivity index (χ4v) is 2.37. The number of anilines is 2. The maximum Gasteiger partial charge on any atom is 0.270 e. The number of hydrogen-bond donors (Lipinski definition) is 2. The van der Waals surface area contributed by atoms with Crippen LogP contribution in [0.25, 0.3) is 0 Å². The number of aromatic nitrogens is 2. The lowest BCUT2D eigenvalue weighted by Gasteiger charge is -2.08. The van der Waals surface area contributed by atoms with E-state index in [1.165, 1.54) is 11.1 Å². The van der Waals surface area contributed by atoms with Crippen LogP contribution in [0.1, 0.15) is 21.6 Å². The molecule has 1 aromatic heterocycles. The van der Waals surface area contributed by atoms with Gasteiger partial charge in [-0.2, -0.15) is 0 Å². The highest BCUT2D eigenvalue weighted by atomic mass is 16.1. The summed E-state index contributed by atoms with van der Waals surface area (Å²) in [4.78, 5) is 20.7. The molecule has 2 N–H and O–H groups in total. The number of carbonyl (C=O) groups is 1. The molecule has 2 aromatic carbocycles. The Morgan fingerprint density at radius 3 is 2.52 bits per heavy atom. The van der Waals surface area contributed by atoms with Gasteiger partial charge >= 0.3 is 0 Å². The first-order valence-corrected chi connectivity index (χ1v) is 8.19. The summed E-state index contributed by atoms with van der Waals surface area (Å²) >= 11 is 0. The second-order valence-corrected chi connectivity index (χ2v) is 5.75. The molecule has 5 nitrogen and oxygen atoms in total. The largest absolute Gasteiger partial charge is 0.350 e. The van der Waals surface area contributed by atoms with Crippen molar-refractivity contribution in [3.8, 4) is 0 Å². The van der Waals surface area contributed by atoms with Crippen LogP contribution < -0.4 is 10.6 Å². The van der Waals surface area contributed by atoms with Crippen molar-refractivity contribution in [1.29, 1.82) is 0 Å². The van der Waals surface area contributed by atoms with Crippen LogP contribution in [0.2, 0.25) is 0 Å². The van der Waals surface area contributed by atoms with E-state index in [9.17, 15) is 4.79 Å². The molecule has 0 unspecified atom stereocenters. The molecular weight excluding hydrogens is 312 g/mol. The zero-order valence-electron chi connectivity index (χ0n) is 14.1. The fourth-order valence-electron chi connectivity index (χ4n) is 2.37. The molecule has 0 radical (unpaired) electrons. The standard InChI is InChI=1S/C20H20N4O/c1-15-7-9-17(10-8-15)23-20-22-14-12-18(24-20)19(25)21-13-11-16-5-3-2-4-6-16/h2-10,12,14H,11,13H2,1H3,(H,21,25)(H,22,23,24). The molecule has 5 heteroatoms. The number of aryl methyl sites for hydroxylation is 1. The molecule has 1 amide bonds. The first-order valence-electron chi connectivity index (χ1n) is 8.19. The second-order valence-electron chi connectivity index (χ2n) is 5.75. The Hall–Kier alpha value is -3.21. The Balaban J connectivity index is 1.58. The summed E-state index contributed by atoms with van der Waals surface area (Å²) in [6.45, 7) is 2.59. The lowest BCUT2D eigenvalue weighted by Crippen LogP contribution is -2.26. The lowest BCUT2D eigenvalue weighted by atomic mass is 10.1. The topological polar surface area (TPSA) is 66.9 Å². The van der Waals surface area contributed by atoms with Crippen LogP contribution in [0.15, 0.2) is 66.9 Å². The van der Waals surface area contributed by atoms with Crippen molar-refractivity contribution >= 4 is 17.5 Å². The van der Waals surface area contributed by atoms with Gasteiger partial charge in [0.15, 0.2) is 0 Å². The van der Waals surface area contributed by atoms with Crippen LogP contribution in [0.3, 0.4) is 0 Å². The average Bonchev–Trinajstić information content (AvgIpc) is 2.65. The van der Waals surface area contributed by atoms with E-state index in [-0.39, 0.29) is 5.91 Å². The highest BCUT2D eigenvalue weighted by Gasteiger charge is 2.08. The van der Waals surface area contributed by atoms with Crippen molar-refractivity contribution in [1.82, 2.24) is 15.3 Å². The Kier molecular flexibility index (Phi) is 5.36. The molecule has 0 atom stereocenters. The predicted octanol–water partition coefficient (Wildman–Crippen LogP) is 3.50. The van der Waals surface area contributed by atoms with Crippen molar-refractivity contribution in [3.05, 3.63) is 83.7 Å². The third-order valence-electron chi connectivity index (χ3n) is 3.74. The van der Waals surface area contributed by atoms with Crippen LogP contribution in [-0.4, -0.2) is 22.4 Å². The smallest absolute Gasteiger partial charge is 0.270 e. The summed E-state index contributed by atoms with van der Waals surface area (Å²) in [5.41, 5.74) is 3.59. The molecule has 126 valence electrons. The van der Waals surface area contributed by atoms with Crippen LogP contribution in [-0.2, 0) is 6.42 Å². The molecule has 0 aliphatic rings. The Bertz CT molecular complexity index is 832. The Morgan fingerprint density at radius 2 is 1.76 bits per heavy atom. The zero-order valence-corrected chi connectivity index (χ0v) is 14.1. The highest BCUT2D eigenvalue weighted by Crippen LogP contribution is 2.13. The number of benzene rings is 2. The maximum atomic E-state index is 12.3. The summed E-state index contributed by atoms with van der Waals surface area (Å²) in [6.07, 6.45) is 2.36. The summed E-state index contributed by atoms with van der Waals surface area (Å²) < 4.78 is 0. The van der Waals surface area contributed by atoms with E-state index in [1.54, 1.807) is 12.3 Å². The zero-order chi connectivity index (χ0) is 17.5. The lowest BCUT2D eigenvalue weighted by molar-refractivity contribution is 0.0949. The van der Waals surface area contributed by atoms with Crippen molar-refractivity contribution in [2.24, 2.45) is 0 Å². The van der Waals surface area contributed by atoms with Gasteiger partial charge in [0.1, 0.15) is 5.69 Å². The predicted molar refractivity (Wildman–Crippen MR) is 99.0 cm³/mol. The summed E-state index contributed by atoms with van der Waals surface area (Å²) in [5, 5.41) is 6.00. The van der Waals surface area contributed by atoms with Gasteiger partial charge in [0, 0.05) is 18.4 Å². The van der Waals surface area contributed by atoms with Crippen LogP contribution in [0.4, 0.5) is 11.6 Å². The van der Waals surface area contributed by atoms with Crippen molar-refractivity contribution in [2.45, 2.75) is 13.3 Å². The SMILES string of the molecule is Cc1ccc(Nc2nccc(C(=O)NCCc3ccccc3)n2)cc1. The van der Waals surface area contributed by atoms with Crippen molar-refractivity contribution in [3.63, 3.8) is 0 Å². The van der Waals surface area contributed by atoms with Gasteiger partial charge in [-0.25, -0.2) is 9.97 Å². The molecule has 0 aliphatic heterocycles. The van der Waals surface area contributed by atoms with E-state index in [1.807, 2.05) is 61.5 Å². The number of carbonyl (C=O) groups excluding carboxylic acids is 1. The summed E-state index contributed by atoms with van der Waals surface area (Å²) in [7, 11) is 0. The summed E-state index contributed by atoms with van der Waals surface area (Å²) in [5.74, 6) is 0.199. The molecule has 25 heavy (non-hydrogen) atoms. The van der Waals surface area contributed by atoms with E-state index in [0.29, 0.717) is 18.2 Å². The molecule has 3 rings (SSSR count). The second kappa shape index (κ2) is 8.06. The van der Waals surface area contributed by atoms with Gasteiger partial charge < -0.3 is 10.6 Å². The van der Waals surface area contributed by atoms with Crippen molar-refractivity contribution < 1.29 is 4.79 Å². The van der Waals surface area contributed by atoms with Crippen LogP contribution in [0.5, 0.6) is 0 Å². The average molecular weight is 332 g/mol. The van der Waals surface area contributed by atoms with Gasteiger partial charge in [0.2, 0.25) is 5.95 Å². The number of rotatable bonds is 6. The summed E-state index contributed by atoms with van der Waals surface area (Å²) in [6, 6.07) is 19.6. The molecule has 0 saturated carbocycles. The number of nitrogens with one attached hydrogen (secondary N) is 2. The van der Waals surface area contributed by atoms with Crippen LogP contribution in [0, 0.1) is 6.92 Å². The third kappa shape index (κ3) is 4.88. The maximum absolute atomic E-state index is 12.3. The van der Waals surface area contributed by atoms with E-state index >= 15 is 0 Å². The quantitative estimate of drug-likeness (QED) is 0.725. The minimum atomic E-state index is -0.203. The first kappa shape index (κ1) is 16.6. The molecule has 0 aliphatic carbocycles. The first-order chi connectivity index (χ1) is 12.2. The van der Waals surface area contributed by atoms with Gasteiger partial charge in [-0.3, -0.25) is 4.79 Å². The molecule has 0 bridgehead atoms. The van der Waals surface area contributed by atoms with E-state index < -0.39 is 0 Å². The van der Waals surface area contributed by atoms with Crippen molar-refractivity contribution in [2.75, 3.05) is 11.9 Å². The molecular formula is C20H20N4O. The minimum Gasteiger partial charge on any atom is -0.350 e. The minimum absolute atomic E-state index is 0.203. The third-order valence-corrected chi connectivity index (χ3v) is 3.74. The monoisotopic (exact) mass is 332 g/mol. The van der Waals surface area contributed by atoms with E-state index in [4.69, 9.17) is 0 Å². The van der Waals surface area contributed by atoms with Gasteiger partial charge in [-0.05, 0) is 37.1 Å². The van der Waals surface area contributed by atoms with Gasteiger partial charge in [-0.1, -0.05) is 48.0 Å². The van der Waals surface area contributed by atoms with Gasteiger partial charge in [0.25, 0.3) is 5.91 Å². The highest BCUT2D eigenvalue weighted by molar-refractivity contribution is 5.92. The van der Waals surface area contributed by atoms with Gasteiger partial charge in [-0.15, -0.1) is 0 Å². The fraction of sp³-hybridized carbons (Fsp3) is 0.150. The Morgan fingerprint density at radius 1 is 1.00 bits per heavy atom. The normalized spacial score (nSPS) is 10.3. The molecule has 0 saturated heterocycles. The van der Waals surface area contributed by atoms with E-state index in [0.717, 1.165) is 12.1 Å². The van der Waals surface area contributed by atoms with Gasteiger partial charge in [0.05, 0.1) is 0 Å². The van der Waals surface area contributed by atoms with E-state index in [2.05, 4.69) is 20.6 Å². The number of amides is 1. The molecule has 1 heterocycles. The molecule has 3 aromatic rings. The number of nitrogens with zero attached hydrogens (tertiary/aromatic N) is 2. The molecule has 0 spiro atoms. The number of hydrogen-bond acceptors (Lipinski definition) is 4. The van der Waals surface area contributed by atoms with Crippen LogP contribution >= 0.6 is 0 Å². The Labute approximate surface area is 147 Å². The molecule has 0 fully saturated rings.